The van der Waals surface area contributed by atoms with E-state index in [2.05, 4.69) is 59.7 Å². The van der Waals surface area contributed by atoms with Crippen molar-refractivity contribution < 1.29 is 14.6 Å². The van der Waals surface area contributed by atoms with E-state index in [-0.39, 0.29) is 10.8 Å². The second kappa shape index (κ2) is 7.16. The average Bonchev–Trinajstić information content (AvgIpc) is 2.41. The van der Waals surface area contributed by atoms with Crippen LogP contribution in [0.4, 0.5) is 0 Å². The minimum atomic E-state index is -0.757. The number of carboxylic acid groups (broad SMARTS) is 1. The lowest BCUT2D eigenvalue weighted by molar-refractivity contribution is -0.147. The van der Waals surface area contributed by atoms with Crippen LogP contribution in [0.2, 0.25) is 0 Å². The van der Waals surface area contributed by atoms with Crippen molar-refractivity contribution in [3.05, 3.63) is 29.3 Å². The van der Waals surface area contributed by atoms with Gasteiger partial charge in [0.1, 0.15) is 5.75 Å². The number of carbonyl (C=O) groups is 1. The van der Waals surface area contributed by atoms with Gasteiger partial charge in [-0.2, -0.15) is 0 Å². The van der Waals surface area contributed by atoms with Crippen LogP contribution in [0.15, 0.2) is 18.2 Å². The number of ether oxygens (including phenoxy) is 1. The van der Waals surface area contributed by atoms with Crippen LogP contribution in [0.1, 0.15) is 79.4 Å². The number of rotatable bonds is 6. The zero-order valence-corrected chi connectivity index (χ0v) is 16.6. The molecule has 3 nitrogen and oxygen atoms in total. The van der Waals surface area contributed by atoms with Gasteiger partial charge in [0.05, 0.1) is 12.0 Å². The van der Waals surface area contributed by atoms with E-state index in [4.69, 9.17) is 4.74 Å². The first-order chi connectivity index (χ1) is 10.7. The molecule has 0 bridgehead atoms. The van der Waals surface area contributed by atoms with Crippen LogP contribution in [0.5, 0.6) is 5.75 Å². The first-order valence-electron chi connectivity index (χ1n) is 8.76. The Morgan fingerprint density at radius 2 is 1.58 bits per heavy atom. The number of benzene rings is 1. The molecule has 0 aliphatic rings. The van der Waals surface area contributed by atoms with Gasteiger partial charge in [-0.1, -0.05) is 53.7 Å². The van der Waals surface area contributed by atoms with Gasteiger partial charge in [0.25, 0.3) is 0 Å². The van der Waals surface area contributed by atoms with Gasteiger partial charge in [0, 0.05) is 0 Å². The average molecular weight is 335 g/mol. The van der Waals surface area contributed by atoms with Gasteiger partial charge < -0.3 is 9.84 Å². The Hall–Kier alpha value is -1.51. The molecule has 1 rings (SSSR count). The van der Waals surface area contributed by atoms with E-state index in [1.807, 2.05) is 0 Å². The van der Waals surface area contributed by atoms with E-state index in [9.17, 15) is 9.90 Å². The lowest BCUT2D eigenvalue weighted by Crippen LogP contribution is -2.24. The molecule has 0 heterocycles. The highest BCUT2D eigenvalue weighted by Crippen LogP contribution is 2.35. The standard InChI is InChI=1S/C21H34O3/c1-19(2,3)15-10-11-16(20(4,5)6)17(14-15)24-13-9-12-21(7,8)18(22)23/h10-11,14H,9,12-13H2,1-8H3,(H,22,23). The van der Waals surface area contributed by atoms with Gasteiger partial charge in [-0.3, -0.25) is 4.79 Å². The van der Waals surface area contributed by atoms with Gasteiger partial charge in [-0.15, -0.1) is 0 Å². The lowest BCUT2D eigenvalue weighted by Gasteiger charge is -2.27. The summed E-state index contributed by atoms with van der Waals surface area (Å²) in [4.78, 5) is 11.2. The second-order valence-corrected chi connectivity index (χ2v) is 9.35. The van der Waals surface area contributed by atoms with E-state index >= 15 is 0 Å². The smallest absolute Gasteiger partial charge is 0.309 e. The fraction of sp³-hybridized carbons (Fsp3) is 0.667. The van der Waals surface area contributed by atoms with Gasteiger partial charge in [-0.25, -0.2) is 0 Å². The third-order valence-electron chi connectivity index (χ3n) is 4.44. The SMILES string of the molecule is CC(C)(CCCOc1cc(C(C)(C)C)ccc1C(C)(C)C)C(=O)O. The van der Waals surface area contributed by atoms with Crippen LogP contribution < -0.4 is 4.74 Å². The van der Waals surface area contributed by atoms with E-state index in [0.29, 0.717) is 13.0 Å². The molecule has 1 N–H and O–H groups in total. The summed E-state index contributed by atoms with van der Waals surface area (Å²) in [6.07, 6.45) is 1.33. The van der Waals surface area contributed by atoms with Crippen LogP contribution >= 0.6 is 0 Å². The molecular formula is C21H34O3. The summed E-state index contributed by atoms with van der Waals surface area (Å²) in [6.45, 7) is 17.2. The molecule has 1 aromatic rings. The monoisotopic (exact) mass is 334 g/mol. The van der Waals surface area contributed by atoms with Crippen LogP contribution in [0, 0.1) is 5.41 Å². The summed E-state index contributed by atoms with van der Waals surface area (Å²) < 4.78 is 6.08. The van der Waals surface area contributed by atoms with Crippen molar-refractivity contribution in [2.24, 2.45) is 5.41 Å². The molecular weight excluding hydrogens is 300 g/mol. The minimum Gasteiger partial charge on any atom is -0.493 e. The molecule has 0 amide bonds. The highest BCUT2D eigenvalue weighted by Gasteiger charge is 2.27. The zero-order valence-electron chi connectivity index (χ0n) is 16.6. The number of carboxylic acids is 1. The van der Waals surface area contributed by atoms with E-state index < -0.39 is 11.4 Å². The van der Waals surface area contributed by atoms with Gasteiger partial charge in [0.2, 0.25) is 0 Å². The van der Waals surface area contributed by atoms with E-state index in [1.54, 1.807) is 13.8 Å². The van der Waals surface area contributed by atoms with Gasteiger partial charge in [-0.05, 0) is 54.7 Å². The summed E-state index contributed by atoms with van der Waals surface area (Å²) >= 11 is 0. The fourth-order valence-corrected chi connectivity index (χ4v) is 2.53. The molecule has 3 heteroatoms. The summed E-state index contributed by atoms with van der Waals surface area (Å²) in [5.41, 5.74) is 1.81. The summed E-state index contributed by atoms with van der Waals surface area (Å²) in [5.74, 6) is 0.163. The lowest BCUT2D eigenvalue weighted by atomic mass is 9.81. The predicted molar refractivity (Wildman–Crippen MR) is 100.0 cm³/mol. The third-order valence-corrected chi connectivity index (χ3v) is 4.44. The Balaban J connectivity index is 2.90. The third kappa shape index (κ3) is 5.54. The van der Waals surface area contributed by atoms with Crippen LogP contribution in [-0.2, 0) is 15.6 Å². The van der Waals surface area contributed by atoms with E-state index in [1.165, 1.54) is 11.1 Å². The molecule has 0 fully saturated rings. The number of hydrogen-bond acceptors (Lipinski definition) is 2. The first kappa shape index (κ1) is 20.5. The number of hydrogen-bond donors (Lipinski definition) is 1. The van der Waals surface area contributed by atoms with Crippen molar-refractivity contribution in [1.29, 1.82) is 0 Å². The molecule has 0 radical (unpaired) electrons. The van der Waals surface area contributed by atoms with Crippen molar-refractivity contribution in [3.8, 4) is 5.75 Å². The summed E-state index contributed by atoms with van der Waals surface area (Å²) in [7, 11) is 0. The highest BCUT2D eigenvalue weighted by atomic mass is 16.5. The molecule has 0 aliphatic heterocycles. The first-order valence-corrected chi connectivity index (χ1v) is 8.76. The van der Waals surface area contributed by atoms with E-state index in [0.717, 1.165) is 12.2 Å². The molecule has 0 aromatic heterocycles. The topological polar surface area (TPSA) is 46.5 Å². The molecule has 0 aliphatic carbocycles. The summed E-state index contributed by atoms with van der Waals surface area (Å²) in [6, 6.07) is 6.49. The molecule has 0 unspecified atom stereocenters. The van der Waals surface area contributed by atoms with Crippen LogP contribution in [-0.4, -0.2) is 17.7 Å². The Labute approximate surface area is 147 Å². The highest BCUT2D eigenvalue weighted by molar-refractivity contribution is 5.73. The maximum Gasteiger partial charge on any atom is 0.309 e. The molecule has 0 saturated carbocycles. The Morgan fingerprint density at radius 1 is 1.00 bits per heavy atom. The predicted octanol–water partition coefficient (Wildman–Crippen LogP) is 5.55. The molecule has 0 spiro atoms. The number of aliphatic carboxylic acids is 1. The maximum absolute atomic E-state index is 11.2. The minimum absolute atomic E-state index is 0.00603. The quantitative estimate of drug-likeness (QED) is 0.694. The van der Waals surface area contributed by atoms with Crippen molar-refractivity contribution in [2.75, 3.05) is 6.61 Å². The Bertz CT molecular complexity index is 572. The van der Waals surface area contributed by atoms with Gasteiger partial charge in [0.15, 0.2) is 0 Å². The Kier molecular flexibility index (Phi) is 6.13. The largest absolute Gasteiger partial charge is 0.493 e. The van der Waals surface area contributed by atoms with Crippen molar-refractivity contribution in [3.63, 3.8) is 0 Å². The summed E-state index contributed by atoms with van der Waals surface area (Å²) in [5, 5.41) is 9.19. The van der Waals surface area contributed by atoms with Crippen molar-refractivity contribution in [2.45, 2.75) is 79.1 Å². The maximum atomic E-state index is 11.2. The fourth-order valence-electron chi connectivity index (χ4n) is 2.53. The normalized spacial score (nSPS) is 13.0. The van der Waals surface area contributed by atoms with Crippen LogP contribution in [0.3, 0.4) is 0 Å². The molecule has 0 saturated heterocycles. The van der Waals surface area contributed by atoms with Crippen LogP contribution in [0.25, 0.3) is 0 Å². The van der Waals surface area contributed by atoms with Crippen molar-refractivity contribution in [1.82, 2.24) is 0 Å². The Morgan fingerprint density at radius 3 is 2.04 bits per heavy atom. The molecule has 1 aromatic carbocycles. The molecule has 24 heavy (non-hydrogen) atoms. The second-order valence-electron chi connectivity index (χ2n) is 9.35. The molecule has 136 valence electrons. The molecule has 0 atom stereocenters. The van der Waals surface area contributed by atoms with Gasteiger partial charge >= 0.3 is 5.97 Å². The zero-order chi connectivity index (χ0) is 18.8. The van der Waals surface area contributed by atoms with Crippen molar-refractivity contribution >= 4 is 5.97 Å².